The monoisotopic (exact) mass is 159 g/mol. The maximum absolute atomic E-state index is 9.17. The molecule has 3 heteroatoms. The van der Waals surface area contributed by atoms with E-state index in [1.54, 1.807) is 0 Å². The fraction of sp³-hybridized carbons (Fsp3) is 1.00. The lowest BCUT2D eigenvalue weighted by Crippen LogP contribution is -2.34. The van der Waals surface area contributed by atoms with Crippen molar-refractivity contribution in [2.24, 2.45) is 0 Å². The van der Waals surface area contributed by atoms with Crippen molar-refractivity contribution in [3.8, 4) is 0 Å². The van der Waals surface area contributed by atoms with Crippen molar-refractivity contribution in [1.82, 2.24) is 5.32 Å². The van der Waals surface area contributed by atoms with Crippen LogP contribution in [0.4, 0.5) is 0 Å². The number of rotatable bonds is 3. The molecule has 0 aromatic rings. The van der Waals surface area contributed by atoms with Crippen molar-refractivity contribution >= 4 is 0 Å². The number of ether oxygens (including phenoxy) is 1. The molecule has 1 aliphatic rings. The Hall–Kier alpha value is -0.120. The lowest BCUT2D eigenvalue weighted by atomic mass is 10.1. The van der Waals surface area contributed by atoms with E-state index in [0.29, 0.717) is 6.42 Å². The highest BCUT2D eigenvalue weighted by Crippen LogP contribution is 2.09. The molecule has 1 unspecified atom stereocenters. The van der Waals surface area contributed by atoms with Crippen LogP contribution in [0.25, 0.3) is 0 Å². The maximum Gasteiger partial charge on any atom is 0.154 e. The minimum atomic E-state index is -0.557. The van der Waals surface area contributed by atoms with Gasteiger partial charge in [0.2, 0.25) is 0 Å². The molecule has 1 heterocycles. The lowest BCUT2D eigenvalue weighted by molar-refractivity contribution is -0.142. The summed E-state index contributed by atoms with van der Waals surface area (Å²) >= 11 is 0. The van der Waals surface area contributed by atoms with Crippen LogP contribution >= 0.6 is 0 Å². The molecule has 0 amide bonds. The third-order valence-electron chi connectivity index (χ3n) is 1.98. The Bertz CT molecular complexity index is 102. The lowest BCUT2D eigenvalue weighted by Gasteiger charge is -2.24. The summed E-state index contributed by atoms with van der Waals surface area (Å²) in [4.78, 5) is 0. The summed E-state index contributed by atoms with van der Waals surface area (Å²) < 4.78 is 5.36. The number of hydrogen-bond donors (Lipinski definition) is 2. The minimum absolute atomic E-state index is 0.270. The highest BCUT2D eigenvalue weighted by Gasteiger charge is 2.15. The molecule has 0 aromatic carbocycles. The molecule has 66 valence electrons. The van der Waals surface area contributed by atoms with E-state index in [0.717, 1.165) is 25.9 Å². The second-order valence-electron chi connectivity index (χ2n) is 2.95. The Balaban J connectivity index is 2.13. The number of hydrogen-bond acceptors (Lipinski definition) is 3. The Morgan fingerprint density at radius 3 is 2.73 bits per heavy atom. The van der Waals surface area contributed by atoms with Gasteiger partial charge in [-0.3, -0.25) is 0 Å². The van der Waals surface area contributed by atoms with Crippen molar-refractivity contribution < 1.29 is 9.84 Å². The molecule has 1 atom stereocenters. The normalized spacial score (nSPS) is 23.5. The van der Waals surface area contributed by atoms with Gasteiger partial charge in [0.1, 0.15) is 0 Å². The fourth-order valence-electron chi connectivity index (χ4n) is 1.25. The summed E-state index contributed by atoms with van der Waals surface area (Å²) in [6.45, 7) is 3.95. The van der Waals surface area contributed by atoms with Gasteiger partial charge in [-0.1, -0.05) is 6.92 Å². The maximum atomic E-state index is 9.17. The molecule has 1 fully saturated rings. The van der Waals surface area contributed by atoms with Crippen LogP contribution in [0.5, 0.6) is 0 Å². The topological polar surface area (TPSA) is 41.5 Å². The summed E-state index contributed by atoms with van der Waals surface area (Å²) in [5.74, 6) is 0. The van der Waals surface area contributed by atoms with Crippen molar-refractivity contribution in [3.05, 3.63) is 0 Å². The molecule has 0 aliphatic carbocycles. The molecule has 1 aliphatic heterocycles. The van der Waals surface area contributed by atoms with E-state index in [1.807, 2.05) is 6.92 Å². The number of aliphatic hydroxyl groups is 1. The summed E-state index contributed by atoms with van der Waals surface area (Å²) in [5.41, 5.74) is 0. The standard InChI is InChI=1S/C8H17NO2/c1-2-8(10)11-7-3-5-9-6-4-7/h7-10H,2-6H2,1H3. The quantitative estimate of drug-likeness (QED) is 0.589. The smallest absolute Gasteiger partial charge is 0.154 e. The number of aliphatic hydroxyl groups excluding tert-OH is 1. The van der Waals surface area contributed by atoms with E-state index in [2.05, 4.69) is 5.32 Å². The van der Waals surface area contributed by atoms with Gasteiger partial charge in [0.05, 0.1) is 6.10 Å². The van der Waals surface area contributed by atoms with Gasteiger partial charge in [-0.2, -0.15) is 0 Å². The van der Waals surface area contributed by atoms with Crippen LogP contribution in [0, 0.1) is 0 Å². The molecule has 3 nitrogen and oxygen atoms in total. The second kappa shape index (κ2) is 4.70. The average Bonchev–Trinajstić information content (AvgIpc) is 2.06. The zero-order chi connectivity index (χ0) is 8.10. The molecule has 0 aromatic heterocycles. The van der Waals surface area contributed by atoms with Crippen LogP contribution in [0.3, 0.4) is 0 Å². The molecule has 2 N–H and O–H groups in total. The van der Waals surface area contributed by atoms with Gasteiger partial charge in [0, 0.05) is 0 Å². The first-order chi connectivity index (χ1) is 5.33. The predicted octanol–water partition coefficient (Wildman–Crippen LogP) is 0.483. The molecular weight excluding hydrogens is 142 g/mol. The van der Waals surface area contributed by atoms with Crippen LogP contribution in [0.2, 0.25) is 0 Å². The van der Waals surface area contributed by atoms with E-state index in [-0.39, 0.29) is 6.10 Å². The van der Waals surface area contributed by atoms with Crippen LogP contribution in [-0.2, 0) is 4.74 Å². The van der Waals surface area contributed by atoms with Gasteiger partial charge in [-0.25, -0.2) is 0 Å². The summed E-state index contributed by atoms with van der Waals surface area (Å²) in [6.07, 6.45) is 2.45. The molecular formula is C8H17NO2. The highest BCUT2D eigenvalue weighted by molar-refractivity contribution is 4.68. The number of piperidine rings is 1. The molecule has 0 radical (unpaired) electrons. The first kappa shape index (κ1) is 8.97. The summed E-state index contributed by atoms with van der Waals surface area (Å²) in [5, 5.41) is 12.4. The van der Waals surface area contributed by atoms with Crippen molar-refractivity contribution in [3.63, 3.8) is 0 Å². The van der Waals surface area contributed by atoms with Gasteiger partial charge in [0.25, 0.3) is 0 Å². The molecule has 0 bridgehead atoms. The van der Waals surface area contributed by atoms with Crippen LogP contribution in [-0.4, -0.2) is 30.6 Å². The first-order valence-electron chi connectivity index (χ1n) is 4.37. The van der Waals surface area contributed by atoms with Crippen LogP contribution in [0.15, 0.2) is 0 Å². The van der Waals surface area contributed by atoms with E-state index < -0.39 is 6.29 Å². The van der Waals surface area contributed by atoms with E-state index in [9.17, 15) is 0 Å². The van der Waals surface area contributed by atoms with Gasteiger partial charge in [-0.15, -0.1) is 0 Å². The first-order valence-corrected chi connectivity index (χ1v) is 4.37. The molecule has 0 spiro atoms. The second-order valence-corrected chi connectivity index (χ2v) is 2.95. The third-order valence-corrected chi connectivity index (χ3v) is 1.98. The highest BCUT2D eigenvalue weighted by atomic mass is 16.6. The molecule has 11 heavy (non-hydrogen) atoms. The van der Waals surface area contributed by atoms with Crippen LogP contribution in [0.1, 0.15) is 26.2 Å². The van der Waals surface area contributed by atoms with Gasteiger partial charge < -0.3 is 15.2 Å². The number of nitrogens with one attached hydrogen (secondary N) is 1. The Morgan fingerprint density at radius 1 is 1.55 bits per heavy atom. The Kier molecular flexibility index (Phi) is 3.83. The zero-order valence-electron chi connectivity index (χ0n) is 7.05. The van der Waals surface area contributed by atoms with Crippen molar-refractivity contribution in [1.29, 1.82) is 0 Å². The van der Waals surface area contributed by atoms with E-state index in [4.69, 9.17) is 9.84 Å². The van der Waals surface area contributed by atoms with Crippen LogP contribution < -0.4 is 5.32 Å². The van der Waals surface area contributed by atoms with Crippen molar-refractivity contribution in [2.75, 3.05) is 13.1 Å². The predicted molar refractivity (Wildman–Crippen MR) is 43.3 cm³/mol. The molecule has 1 rings (SSSR count). The zero-order valence-corrected chi connectivity index (χ0v) is 7.05. The SMILES string of the molecule is CCC(O)OC1CCNCC1. The van der Waals surface area contributed by atoms with Gasteiger partial charge in [-0.05, 0) is 32.4 Å². The Labute approximate surface area is 67.7 Å². The van der Waals surface area contributed by atoms with Crippen molar-refractivity contribution in [2.45, 2.75) is 38.6 Å². The average molecular weight is 159 g/mol. The third kappa shape index (κ3) is 3.18. The largest absolute Gasteiger partial charge is 0.368 e. The van der Waals surface area contributed by atoms with Gasteiger partial charge >= 0.3 is 0 Å². The fourth-order valence-corrected chi connectivity index (χ4v) is 1.25. The Morgan fingerprint density at radius 2 is 2.18 bits per heavy atom. The summed E-state index contributed by atoms with van der Waals surface area (Å²) in [6, 6.07) is 0. The van der Waals surface area contributed by atoms with Gasteiger partial charge in [0.15, 0.2) is 6.29 Å². The van der Waals surface area contributed by atoms with E-state index in [1.165, 1.54) is 0 Å². The van der Waals surface area contributed by atoms with E-state index >= 15 is 0 Å². The molecule has 0 saturated carbocycles. The summed E-state index contributed by atoms with van der Waals surface area (Å²) in [7, 11) is 0. The minimum Gasteiger partial charge on any atom is -0.368 e. The molecule has 1 saturated heterocycles.